The Bertz CT molecular complexity index is 836. The zero-order valence-corrected chi connectivity index (χ0v) is 19.7. The molecule has 6 nitrogen and oxygen atoms in total. The highest BCUT2D eigenvalue weighted by Crippen LogP contribution is 2.34. The molecule has 0 radical (unpaired) electrons. The quantitative estimate of drug-likeness (QED) is 0.500. The first-order chi connectivity index (χ1) is 14.9. The van der Waals surface area contributed by atoms with Gasteiger partial charge in [0, 0.05) is 44.1 Å². The fraction of sp³-hybridized carbons (Fsp3) is 0.600. The molecule has 1 aliphatic heterocycles. The van der Waals surface area contributed by atoms with Gasteiger partial charge in [-0.1, -0.05) is 38.5 Å². The average Bonchev–Trinajstić information content (AvgIpc) is 3.21. The Kier molecular flexibility index (Phi) is 8.13. The molecule has 0 spiro atoms. The summed E-state index contributed by atoms with van der Waals surface area (Å²) in [6.45, 7) is 14.1. The predicted molar refractivity (Wildman–Crippen MR) is 126 cm³/mol. The number of aliphatic imine (C=N–C) groups is 1. The molecular formula is C25H38N4O2. The van der Waals surface area contributed by atoms with E-state index in [4.69, 9.17) is 14.1 Å². The lowest BCUT2D eigenvalue weighted by atomic mass is 9.78. The van der Waals surface area contributed by atoms with E-state index in [0.29, 0.717) is 11.8 Å². The summed E-state index contributed by atoms with van der Waals surface area (Å²) < 4.78 is 11.8. The van der Waals surface area contributed by atoms with Gasteiger partial charge in [-0.3, -0.25) is 4.99 Å². The summed E-state index contributed by atoms with van der Waals surface area (Å²) >= 11 is 0. The van der Waals surface area contributed by atoms with Gasteiger partial charge in [-0.25, -0.2) is 4.98 Å². The van der Waals surface area contributed by atoms with Crippen LogP contribution in [0.4, 0.5) is 0 Å². The monoisotopic (exact) mass is 426 g/mol. The molecule has 3 rings (SSSR count). The standard InChI is InChI=1S/C25H38N4O2/c1-6-26-24(28-16-20-8-7-15-30-22(20)25(3,4)5)27-14-13-21-17-31-23(29-21)19-11-9-18(2)10-12-19/h9-12,17,20,22H,6-8,13-16H2,1-5H3,(H2,26,27,28). The molecule has 1 saturated heterocycles. The van der Waals surface area contributed by atoms with Crippen molar-refractivity contribution in [3.63, 3.8) is 0 Å². The van der Waals surface area contributed by atoms with Crippen molar-refractivity contribution in [1.29, 1.82) is 0 Å². The number of hydrogen-bond donors (Lipinski definition) is 2. The van der Waals surface area contributed by atoms with E-state index < -0.39 is 0 Å². The maximum atomic E-state index is 6.10. The first kappa shape index (κ1) is 23.3. The van der Waals surface area contributed by atoms with Gasteiger partial charge in [0.15, 0.2) is 5.96 Å². The minimum absolute atomic E-state index is 0.133. The summed E-state index contributed by atoms with van der Waals surface area (Å²) in [6, 6.07) is 8.22. The summed E-state index contributed by atoms with van der Waals surface area (Å²) in [7, 11) is 0. The van der Waals surface area contributed by atoms with Gasteiger partial charge in [0.2, 0.25) is 5.89 Å². The molecule has 170 valence electrons. The Balaban J connectivity index is 1.54. The van der Waals surface area contributed by atoms with E-state index in [9.17, 15) is 0 Å². The van der Waals surface area contributed by atoms with E-state index in [0.717, 1.165) is 56.3 Å². The van der Waals surface area contributed by atoms with E-state index in [1.54, 1.807) is 6.26 Å². The zero-order chi connectivity index (χ0) is 22.3. The smallest absolute Gasteiger partial charge is 0.226 e. The SMILES string of the molecule is CCNC(=NCC1CCCOC1C(C)(C)C)NCCc1coc(-c2ccc(C)cc2)n1. The molecule has 0 saturated carbocycles. The number of oxazole rings is 1. The second kappa shape index (κ2) is 10.8. The van der Waals surface area contributed by atoms with Crippen molar-refractivity contribution in [3.05, 3.63) is 41.8 Å². The van der Waals surface area contributed by atoms with Crippen molar-refractivity contribution in [1.82, 2.24) is 15.6 Å². The van der Waals surface area contributed by atoms with E-state index in [2.05, 4.69) is 62.4 Å². The van der Waals surface area contributed by atoms with Gasteiger partial charge in [0.25, 0.3) is 0 Å². The molecule has 0 amide bonds. The highest BCUT2D eigenvalue weighted by atomic mass is 16.5. The van der Waals surface area contributed by atoms with Gasteiger partial charge in [0.05, 0.1) is 11.8 Å². The molecule has 0 aliphatic carbocycles. The fourth-order valence-electron chi connectivity index (χ4n) is 4.10. The van der Waals surface area contributed by atoms with E-state index in [1.807, 2.05) is 12.1 Å². The Morgan fingerprint density at radius 1 is 1.19 bits per heavy atom. The van der Waals surface area contributed by atoms with Gasteiger partial charge in [-0.15, -0.1) is 0 Å². The maximum Gasteiger partial charge on any atom is 0.226 e. The van der Waals surface area contributed by atoms with Crippen LogP contribution in [0.15, 0.2) is 39.9 Å². The van der Waals surface area contributed by atoms with E-state index in [-0.39, 0.29) is 11.5 Å². The number of benzene rings is 1. The topological polar surface area (TPSA) is 71.7 Å². The Morgan fingerprint density at radius 2 is 1.97 bits per heavy atom. The van der Waals surface area contributed by atoms with Crippen LogP contribution in [-0.2, 0) is 11.2 Å². The molecule has 31 heavy (non-hydrogen) atoms. The minimum Gasteiger partial charge on any atom is -0.444 e. The number of nitrogens with zero attached hydrogens (tertiary/aromatic N) is 2. The molecule has 2 aromatic rings. The molecule has 0 bridgehead atoms. The fourth-order valence-corrected chi connectivity index (χ4v) is 4.10. The third-order valence-electron chi connectivity index (χ3n) is 5.65. The highest BCUT2D eigenvalue weighted by Gasteiger charge is 2.35. The highest BCUT2D eigenvalue weighted by molar-refractivity contribution is 5.79. The van der Waals surface area contributed by atoms with Gasteiger partial charge in [-0.05, 0) is 44.2 Å². The second-order valence-corrected chi connectivity index (χ2v) is 9.47. The molecular weight excluding hydrogens is 388 g/mol. The predicted octanol–water partition coefficient (Wildman–Crippen LogP) is 4.59. The van der Waals surface area contributed by atoms with Crippen LogP contribution in [0.3, 0.4) is 0 Å². The van der Waals surface area contributed by atoms with Crippen LogP contribution in [-0.4, -0.2) is 43.3 Å². The number of guanidine groups is 1. The third-order valence-corrected chi connectivity index (χ3v) is 5.65. The minimum atomic E-state index is 0.133. The van der Waals surface area contributed by atoms with Crippen molar-refractivity contribution in [2.45, 2.75) is 60.0 Å². The van der Waals surface area contributed by atoms with Crippen LogP contribution in [0.25, 0.3) is 11.5 Å². The lowest BCUT2D eigenvalue weighted by Gasteiger charge is -2.39. The largest absolute Gasteiger partial charge is 0.444 e. The molecule has 6 heteroatoms. The summed E-state index contributed by atoms with van der Waals surface area (Å²) in [6.07, 6.45) is 5.06. The second-order valence-electron chi connectivity index (χ2n) is 9.47. The number of ether oxygens (including phenoxy) is 1. The van der Waals surface area contributed by atoms with Crippen molar-refractivity contribution in [3.8, 4) is 11.5 Å². The first-order valence-electron chi connectivity index (χ1n) is 11.5. The van der Waals surface area contributed by atoms with Crippen molar-refractivity contribution in [2.24, 2.45) is 16.3 Å². The zero-order valence-electron chi connectivity index (χ0n) is 19.7. The Hall–Kier alpha value is -2.34. The van der Waals surface area contributed by atoms with Crippen LogP contribution in [0.5, 0.6) is 0 Å². The van der Waals surface area contributed by atoms with Gasteiger partial charge in [-0.2, -0.15) is 0 Å². The summed E-state index contributed by atoms with van der Waals surface area (Å²) in [5, 5.41) is 6.79. The molecule has 2 heterocycles. The molecule has 2 N–H and O–H groups in total. The van der Waals surface area contributed by atoms with Crippen LogP contribution in [0.2, 0.25) is 0 Å². The van der Waals surface area contributed by atoms with Gasteiger partial charge < -0.3 is 19.8 Å². The lowest BCUT2D eigenvalue weighted by molar-refractivity contribution is -0.0823. The molecule has 2 unspecified atom stereocenters. The number of hydrogen-bond acceptors (Lipinski definition) is 4. The number of aromatic nitrogens is 1. The van der Waals surface area contributed by atoms with Crippen molar-refractivity contribution in [2.75, 3.05) is 26.2 Å². The van der Waals surface area contributed by atoms with Gasteiger partial charge >= 0.3 is 0 Å². The van der Waals surface area contributed by atoms with Crippen LogP contribution in [0.1, 0.15) is 51.8 Å². The molecule has 1 fully saturated rings. The van der Waals surface area contributed by atoms with Crippen LogP contribution >= 0.6 is 0 Å². The van der Waals surface area contributed by atoms with E-state index in [1.165, 1.54) is 12.0 Å². The van der Waals surface area contributed by atoms with E-state index >= 15 is 0 Å². The maximum absolute atomic E-state index is 6.10. The average molecular weight is 427 g/mol. The normalized spacial score (nSPS) is 20.0. The molecule has 1 aromatic carbocycles. The Labute approximate surface area is 186 Å². The van der Waals surface area contributed by atoms with Crippen LogP contribution < -0.4 is 10.6 Å². The van der Waals surface area contributed by atoms with Crippen molar-refractivity contribution >= 4 is 5.96 Å². The molecule has 2 atom stereocenters. The third kappa shape index (κ3) is 6.82. The Morgan fingerprint density at radius 3 is 2.68 bits per heavy atom. The number of nitrogens with one attached hydrogen (secondary N) is 2. The van der Waals surface area contributed by atoms with Gasteiger partial charge in [0.1, 0.15) is 6.26 Å². The summed E-state index contributed by atoms with van der Waals surface area (Å²) in [5.74, 6) is 1.97. The summed E-state index contributed by atoms with van der Waals surface area (Å²) in [5.41, 5.74) is 3.30. The first-order valence-corrected chi connectivity index (χ1v) is 11.5. The number of aryl methyl sites for hydroxylation is 1. The molecule has 1 aromatic heterocycles. The van der Waals surface area contributed by atoms with Crippen LogP contribution in [0, 0.1) is 18.3 Å². The summed E-state index contributed by atoms with van der Waals surface area (Å²) in [4.78, 5) is 9.49. The number of rotatable bonds is 7. The van der Waals surface area contributed by atoms with Crippen molar-refractivity contribution < 1.29 is 9.15 Å². The lowest BCUT2D eigenvalue weighted by Crippen LogP contribution is -2.43. The molecule has 1 aliphatic rings.